The Kier molecular flexibility index (Phi) is 20.7. The van der Waals surface area contributed by atoms with Crippen molar-refractivity contribution in [2.75, 3.05) is 46.2 Å². The Morgan fingerprint density at radius 3 is 0.750 bits per heavy atom. The number of aliphatic hydroxyl groups is 19. The van der Waals surface area contributed by atoms with Crippen LogP contribution in [-0.2, 0) is 61.6 Å². The molecule has 0 amide bonds. The number of hydrogen-bond acceptors (Lipinski definition) is 32. The molecule has 32 heteroatoms. The zero-order valence-electron chi connectivity index (χ0n) is 38.1. The first kappa shape index (κ1) is 58.4. The van der Waals surface area contributed by atoms with Gasteiger partial charge in [-0.2, -0.15) is 0 Å². The van der Waals surface area contributed by atoms with E-state index in [0.29, 0.717) is 0 Å². The lowest BCUT2D eigenvalue weighted by molar-refractivity contribution is -0.407. The molecule has 72 heavy (non-hydrogen) atoms. The van der Waals surface area contributed by atoms with Crippen LogP contribution in [0.1, 0.15) is 12.8 Å². The number of rotatable bonds is 11. The van der Waals surface area contributed by atoms with Crippen LogP contribution in [0.3, 0.4) is 0 Å². The van der Waals surface area contributed by atoms with Crippen molar-refractivity contribution in [3.63, 3.8) is 0 Å². The van der Waals surface area contributed by atoms with Gasteiger partial charge in [0.05, 0.1) is 39.6 Å². The van der Waals surface area contributed by atoms with Gasteiger partial charge in [0, 0.05) is 13.0 Å². The maximum absolute atomic E-state index is 11.8. The molecule has 22 fully saturated rings. The molecule has 0 saturated carbocycles. The fourth-order valence-corrected chi connectivity index (χ4v) is 9.58. The maximum atomic E-state index is 11.8. The standard InChI is InChI=1S/C40H68O32/c41-3-1-2-16(48)66-34-27(59)40-65-15(9-47)33(34)72-39-26(58)21(53)31(13(7-45)64-39)70-37-24(56)19(51)29(11(5-43)62-37)68-35-22(54)17(49)28(10(4-42)60-35)67-36-23(55)18(50)30(12(6-44)61-36)69-38-25(57)20(52)32(71-40)14(8-46)63-38/h10-59H,1-9H2/t10-,11-,12-,13-,14-,15-,16?,17-,18-,19-,20-,21-,22-,23-,24-,25-,26-,27-,28-,29-,30-,31-,32-,33+,34-,35-,36-,37-,38-,39-,40-/m1/s1. The lowest BCUT2D eigenvalue weighted by Gasteiger charge is -2.51. The maximum Gasteiger partial charge on any atom is 0.187 e. The molecule has 12 bridgehead atoms. The van der Waals surface area contributed by atoms with Crippen LogP contribution >= 0.6 is 0 Å². The van der Waals surface area contributed by atoms with Gasteiger partial charge in [-0.05, 0) is 6.42 Å². The van der Waals surface area contributed by atoms with Gasteiger partial charge in [-0.3, -0.25) is 0 Å². The molecule has 22 rings (SSSR count). The summed E-state index contributed by atoms with van der Waals surface area (Å²) in [6.07, 6.45) is -61.2. The minimum Gasteiger partial charge on any atom is -0.396 e. The molecule has 22 heterocycles. The lowest BCUT2D eigenvalue weighted by atomic mass is 9.94. The third-order valence-corrected chi connectivity index (χ3v) is 13.6. The van der Waals surface area contributed by atoms with Crippen LogP contribution < -0.4 is 0 Å². The van der Waals surface area contributed by atoms with Gasteiger partial charge in [0.1, 0.15) is 146 Å². The Hall–Kier alpha value is -1.28. The minimum atomic E-state index is -2.20. The highest BCUT2D eigenvalue weighted by Crippen LogP contribution is 2.38. The predicted molar refractivity (Wildman–Crippen MR) is 217 cm³/mol. The molecule has 420 valence electrons. The van der Waals surface area contributed by atoms with Gasteiger partial charge >= 0.3 is 0 Å². The minimum absolute atomic E-state index is 0.0380. The number of aliphatic hydroxyl groups excluding tert-OH is 19. The van der Waals surface area contributed by atoms with Gasteiger partial charge in [-0.1, -0.05) is 0 Å². The summed E-state index contributed by atoms with van der Waals surface area (Å²) in [4.78, 5) is 0. The summed E-state index contributed by atoms with van der Waals surface area (Å²) in [6, 6.07) is 0. The Morgan fingerprint density at radius 2 is 0.514 bits per heavy atom. The second kappa shape index (κ2) is 25.5. The lowest BCUT2D eigenvalue weighted by Crippen LogP contribution is -2.69. The molecule has 32 nitrogen and oxygen atoms in total. The largest absolute Gasteiger partial charge is 0.396 e. The zero-order chi connectivity index (χ0) is 52.5. The molecule has 1 unspecified atom stereocenters. The van der Waals surface area contributed by atoms with Crippen LogP contribution in [-0.4, -0.2) is 334 Å². The smallest absolute Gasteiger partial charge is 0.187 e. The molecule has 22 saturated heterocycles. The van der Waals surface area contributed by atoms with Crippen LogP contribution in [0.25, 0.3) is 0 Å². The molecule has 0 spiro atoms. The highest BCUT2D eigenvalue weighted by Gasteiger charge is 2.59. The first-order valence-electron chi connectivity index (χ1n) is 23.3. The van der Waals surface area contributed by atoms with Crippen molar-refractivity contribution in [1.29, 1.82) is 0 Å². The fourth-order valence-electron chi connectivity index (χ4n) is 9.58. The van der Waals surface area contributed by atoms with E-state index in [1.807, 2.05) is 0 Å². The van der Waals surface area contributed by atoms with Gasteiger partial charge in [0.25, 0.3) is 0 Å². The third kappa shape index (κ3) is 11.9. The second-order valence-electron chi connectivity index (χ2n) is 18.3. The summed E-state index contributed by atoms with van der Waals surface area (Å²) in [5.74, 6) is 0. The molecule has 22 aliphatic heterocycles. The first-order valence-corrected chi connectivity index (χ1v) is 23.3. The molecule has 22 aliphatic rings. The van der Waals surface area contributed by atoms with E-state index in [4.69, 9.17) is 61.6 Å². The summed E-state index contributed by atoms with van der Waals surface area (Å²) < 4.78 is 74.7. The van der Waals surface area contributed by atoms with Crippen LogP contribution in [0.4, 0.5) is 0 Å². The highest BCUT2D eigenvalue weighted by molar-refractivity contribution is 5.01. The number of ether oxygens (including phenoxy) is 13. The van der Waals surface area contributed by atoms with E-state index in [1.165, 1.54) is 0 Å². The van der Waals surface area contributed by atoms with Crippen molar-refractivity contribution in [3.8, 4) is 0 Å². The van der Waals surface area contributed by atoms with E-state index in [1.54, 1.807) is 0 Å². The molecular weight excluding hydrogens is 992 g/mol. The van der Waals surface area contributed by atoms with E-state index in [0.717, 1.165) is 0 Å². The summed E-state index contributed by atoms with van der Waals surface area (Å²) in [5.41, 5.74) is 0. The van der Waals surface area contributed by atoms with E-state index in [-0.39, 0.29) is 12.8 Å². The van der Waals surface area contributed by atoms with Crippen molar-refractivity contribution in [2.45, 2.75) is 203 Å². The fraction of sp³-hybridized carbons (Fsp3) is 1.00. The van der Waals surface area contributed by atoms with Gasteiger partial charge in [-0.25, -0.2) is 0 Å². The number of hydrogen-bond donors (Lipinski definition) is 19. The second-order valence-corrected chi connectivity index (χ2v) is 18.3. The summed E-state index contributed by atoms with van der Waals surface area (Å²) in [5, 5.41) is 207. The Labute approximate surface area is 407 Å². The van der Waals surface area contributed by atoms with Crippen molar-refractivity contribution >= 4 is 0 Å². The molecule has 0 aromatic rings. The molecule has 19 N–H and O–H groups in total. The van der Waals surface area contributed by atoms with Crippen molar-refractivity contribution in [2.24, 2.45) is 0 Å². The van der Waals surface area contributed by atoms with Crippen LogP contribution in [0.2, 0.25) is 0 Å². The van der Waals surface area contributed by atoms with E-state index < -0.39 is 237 Å². The first-order chi connectivity index (χ1) is 34.4. The summed E-state index contributed by atoms with van der Waals surface area (Å²) >= 11 is 0. The monoisotopic (exact) mass is 1060 g/mol. The van der Waals surface area contributed by atoms with Crippen LogP contribution in [0.5, 0.6) is 0 Å². The molecule has 0 aromatic carbocycles. The average molecular weight is 1060 g/mol. The van der Waals surface area contributed by atoms with Gasteiger partial charge < -0.3 is 159 Å². The van der Waals surface area contributed by atoms with Gasteiger partial charge in [0.2, 0.25) is 0 Å². The summed E-state index contributed by atoms with van der Waals surface area (Å²) in [6.45, 7) is -6.55. The Bertz CT molecular complexity index is 1630. The normalized spacial score (nSPS) is 52.2. The SMILES string of the molecule is OCCCC(O)O[C@@H]1[C@@H](O)[C@H]2O[C@H]3[C@H](O)[C@@H](O)[C@@H](O[C@H]4[C@H](O)[C@@H](O)[C@@H](O[C@H]5[C@H](O)[C@@H](O)[C@@H](O[C@H]6[C@H](O)[C@@H](O)[C@@H](O[C@H]7[C@H](O)[C@@H](O)[C@@H](O[C@H]1[C@@H](CO)O2)O[C@@H]7CO)O[C@@H]6CO)O[C@@H]5CO)O[C@@H]4CO)O[C@@H]3CO. The Morgan fingerprint density at radius 1 is 0.292 bits per heavy atom. The molecule has 0 aromatic heterocycles. The average Bonchev–Trinajstić information content (AvgIpc) is 3.37. The quantitative estimate of drug-likeness (QED) is 0.0854. The van der Waals surface area contributed by atoms with Crippen LogP contribution in [0.15, 0.2) is 0 Å². The molecular formula is C40H68O32. The van der Waals surface area contributed by atoms with Crippen molar-refractivity contribution in [3.05, 3.63) is 0 Å². The van der Waals surface area contributed by atoms with Gasteiger partial charge in [0.15, 0.2) is 44.0 Å². The Balaban J connectivity index is 1.22. The molecule has 0 radical (unpaired) electrons. The highest BCUT2D eigenvalue weighted by atomic mass is 16.8. The van der Waals surface area contributed by atoms with Crippen molar-refractivity contribution in [1.82, 2.24) is 0 Å². The van der Waals surface area contributed by atoms with E-state index in [9.17, 15) is 97.0 Å². The van der Waals surface area contributed by atoms with Crippen LogP contribution in [0, 0.1) is 0 Å². The molecule has 31 atom stereocenters. The summed E-state index contributed by atoms with van der Waals surface area (Å²) in [7, 11) is 0. The van der Waals surface area contributed by atoms with E-state index in [2.05, 4.69) is 0 Å². The van der Waals surface area contributed by atoms with Gasteiger partial charge in [-0.15, -0.1) is 0 Å². The molecule has 0 aliphatic carbocycles. The predicted octanol–water partition coefficient (Wildman–Crippen LogP) is -12.9. The third-order valence-electron chi connectivity index (χ3n) is 13.6. The topological polar surface area (TPSA) is 504 Å². The van der Waals surface area contributed by atoms with E-state index >= 15 is 0 Å². The zero-order valence-corrected chi connectivity index (χ0v) is 38.1. The van der Waals surface area contributed by atoms with Crippen molar-refractivity contribution < 1.29 is 159 Å².